The zero-order valence-electron chi connectivity index (χ0n) is 9.43. The Morgan fingerprint density at radius 1 is 1.19 bits per heavy atom. The van der Waals surface area contributed by atoms with Crippen molar-refractivity contribution in [3.8, 4) is 0 Å². The Morgan fingerprint density at radius 3 is 1.88 bits per heavy atom. The normalized spacial score (nSPS) is 11.4. The summed E-state index contributed by atoms with van der Waals surface area (Å²) in [6.07, 6.45) is 2.19. The number of carbonyl (C=O) groups excluding carboxylic acids is 2. The fourth-order valence-corrected chi connectivity index (χ4v) is 12.2. The van der Waals surface area contributed by atoms with Gasteiger partial charge in [0.05, 0.1) is 0 Å². The molecule has 0 bridgehead atoms. The topological polar surface area (TPSA) is 52.6 Å². The van der Waals surface area contributed by atoms with Gasteiger partial charge in [-0.05, 0) is 0 Å². The molecule has 0 heterocycles. The molecule has 0 spiro atoms. The van der Waals surface area contributed by atoms with E-state index < -0.39 is 23.6 Å². The van der Waals surface area contributed by atoms with E-state index in [-0.39, 0.29) is 13.1 Å². The van der Waals surface area contributed by atoms with Gasteiger partial charge in [-0.2, -0.15) is 0 Å². The van der Waals surface area contributed by atoms with Crippen LogP contribution in [0.1, 0.15) is 13.8 Å². The van der Waals surface area contributed by atoms with E-state index in [1.54, 1.807) is 0 Å². The van der Waals surface area contributed by atoms with Crippen molar-refractivity contribution >= 4 is 36.7 Å². The van der Waals surface area contributed by atoms with Gasteiger partial charge in [0.25, 0.3) is 0 Å². The molecule has 0 atom stereocenters. The average molecular weight is 358 g/mol. The molecule has 92 valence electrons. The Balaban J connectivity index is 4.81. The number of hydrogen-bond acceptors (Lipinski definition) is 4. The monoisotopic (exact) mass is 360 g/mol. The first-order chi connectivity index (χ1) is 7.53. The first-order valence-corrected chi connectivity index (χ1v) is 12.9. The molecule has 6 heteroatoms. The summed E-state index contributed by atoms with van der Waals surface area (Å²) in [7, 11) is 0. The molecule has 4 nitrogen and oxygen atoms in total. The molecule has 0 amide bonds. The van der Waals surface area contributed by atoms with E-state index in [4.69, 9.17) is 7.64 Å². The molecule has 0 aliphatic carbocycles. The molecule has 0 aromatic heterocycles. The standard InChI is InChI=1S/C10H16O4Se2/c1-5-9(11)13-16(8-4,15-7-3)14-10(12)6-2/h5-6H,1-2,7-8H2,3-4H3. The molecular weight excluding hydrogens is 342 g/mol. The van der Waals surface area contributed by atoms with E-state index in [1.807, 2.05) is 13.8 Å². The molecule has 0 N–H and O–H groups in total. The Morgan fingerprint density at radius 2 is 1.62 bits per heavy atom. The van der Waals surface area contributed by atoms with Crippen LogP contribution in [0, 0.1) is 0 Å². The van der Waals surface area contributed by atoms with Crippen molar-refractivity contribution in [3.05, 3.63) is 25.3 Å². The van der Waals surface area contributed by atoms with E-state index in [0.29, 0.717) is 5.32 Å². The van der Waals surface area contributed by atoms with Gasteiger partial charge >= 0.3 is 104 Å². The number of hydrogen-bond donors (Lipinski definition) is 0. The quantitative estimate of drug-likeness (QED) is 0.512. The predicted molar refractivity (Wildman–Crippen MR) is 65.0 cm³/mol. The van der Waals surface area contributed by atoms with Crippen LogP contribution in [0.25, 0.3) is 0 Å². The first-order valence-electron chi connectivity index (χ1n) is 4.70. The van der Waals surface area contributed by atoms with Gasteiger partial charge in [-0.25, -0.2) is 0 Å². The third-order valence-corrected chi connectivity index (χ3v) is 16.4. The molecule has 0 saturated heterocycles. The van der Waals surface area contributed by atoms with Crippen molar-refractivity contribution in [2.45, 2.75) is 24.5 Å². The van der Waals surface area contributed by atoms with Crippen LogP contribution in [0.2, 0.25) is 10.6 Å². The molecule has 0 aromatic carbocycles. The summed E-state index contributed by atoms with van der Waals surface area (Å²) in [5.41, 5.74) is 0. The van der Waals surface area contributed by atoms with Crippen LogP contribution in [-0.4, -0.2) is 36.7 Å². The van der Waals surface area contributed by atoms with Gasteiger partial charge in [-0.3, -0.25) is 0 Å². The fourth-order valence-electron chi connectivity index (χ4n) is 0.764. The van der Waals surface area contributed by atoms with E-state index in [2.05, 4.69) is 13.2 Å². The van der Waals surface area contributed by atoms with Crippen LogP contribution in [0.5, 0.6) is 0 Å². The summed E-state index contributed by atoms with van der Waals surface area (Å²) < 4.78 is 10.6. The Hall–Kier alpha value is -0.541. The summed E-state index contributed by atoms with van der Waals surface area (Å²) in [5.74, 6) is -1.04. The zero-order valence-corrected chi connectivity index (χ0v) is 12.9. The summed E-state index contributed by atoms with van der Waals surface area (Å²) in [6.45, 7) is 10.5. The second kappa shape index (κ2) is 7.69. The molecule has 0 rings (SSSR count). The van der Waals surface area contributed by atoms with Gasteiger partial charge < -0.3 is 0 Å². The van der Waals surface area contributed by atoms with Crippen LogP contribution < -0.4 is 0 Å². The van der Waals surface area contributed by atoms with Crippen LogP contribution in [0.3, 0.4) is 0 Å². The van der Waals surface area contributed by atoms with Crippen LogP contribution in [0.15, 0.2) is 25.3 Å². The number of carbonyl (C=O) groups is 2. The minimum atomic E-state index is -2.91. The molecule has 0 aromatic rings. The summed E-state index contributed by atoms with van der Waals surface area (Å²) in [5, 5.41) is 1.43. The minimum absolute atomic E-state index is 0.0165. The Kier molecular flexibility index (Phi) is 7.43. The van der Waals surface area contributed by atoms with Gasteiger partial charge in [-0.1, -0.05) is 0 Å². The van der Waals surface area contributed by atoms with E-state index in [1.165, 1.54) is 0 Å². The van der Waals surface area contributed by atoms with Crippen LogP contribution >= 0.6 is 0 Å². The molecule has 16 heavy (non-hydrogen) atoms. The third kappa shape index (κ3) is 4.99. The second-order valence-electron chi connectivity index (χ2n) is 2.47. The average Bonchev–Trinajstić information content (AvgIpc) is 2.28. The van der Waals surface area contributed by atoms with Crippen molar-refractivity contribution < 1.29 is 17.2 Å². The van der Waals surface area contributed by atoms with E-state index in [0.717, 1.165) is 17.5 Å². The SMILES string of the molecule is C=CC(=O)O[Se](CC)(OC(=O)C=C)[Se]CC. The maximum atomic E-state index is 11.2. The van der Waals surface area contributed by atoms with Gasteiger partial charge in [0.15, 0.2) is 0 Å². The summed E-state index contributed by atoms with van der Waals surface area (Å²) >= 11 is -2.90. The molecule has 0 saturated carbocycles. The van der Waals surface area contributed by atoms with E-state index in [9.17, 15) is 9.59 Å². The van der Waals surface area contributed by atoms with Crippen molar-refractivity contribution in [1.29, 1.82) is 0 Å². The summed E-state index contributed by atoms with van der Waals surface area (Å²) in [4.78, 5) is 22.4. The Labute approximate surface area is 104 Å². The van der Waals surface area contributed by atoms with Gasteiger partial charge in [-0.15, -0.1) is 0 Å². The van der Waals surface area contributed by atoms with Crippen molar-refractivity contribution in [2.75, 3.05) is 0 Å². The van der Waals surface area contributed by atoms with Crippen LogP contribution in [0.4, 0.5) is 0 Å². The predicted octanol–water partition coefficient (Wildman–Crippen LogP) is 1.55. The molecule has 0 radical (unpaired) electrons. The third-order valence-electron chi connectivity index (χ3n) is 1.40. The molecule has 0 aliphatic rings. The van der Waals surface area contributed by atoms with Crippen molar-refractivity contribution in [2.24, 2.45) is 0 Å². The fraction of sp³-hybridized carbons (Fsp3) is 0.400. The molecular formula is C10H16O4Se2. The number of rotatable bonds is 7. The van der Waals surface area contributed by atoms with Crippen molar-refractivity contribution in [3.63, 3.8) is 0 Å². The van der Waals surface area contributed by atoms with Crippen molar-refractivity contribution in [1.82, 2.24) is 0 Å². The van der Waals surface area contributed by atoms with E-state index >= 15 is 0 Å². The Bertz CT molecular complexity index is 267. The zero-order chi connectivity index (χ0) is 12.6. The molecule has 0 unspecified atom stereocenters. The first kappa shape index (κ1) is 15.5. The van der Waals surface area contributed by atoms with Crippen LogP contribution in [-0.2, 0) is 17.2 Å². The van der Waals surface area contributed by atoms with Gasteiger partial charge in [0.2, 0.25) is 0 Å². The van der Waals surface area contributed by atoms with Gasteiger partial charge in [0, 0.05) is 0 Å². The second-order valence-corrected chi connectivity index (χ2v) is 16.5. The maximum absolute atomic E-state index is 11.2. The molecule has 0 fully saturated rings. The summed E-state index contributed by atoms with van der Waals surface area (Å²) in [6, 6.07) is 0. The van der Waals surface area contributed by atoms with Gasteiger partial charge in [0.1, 0.15) is 0 Å². The molecule has 0 aliphatic heterocycles.